The number of rotatable bonds is 7. The molecular weight excluding hydrogens is 514 g/mol. The maximum atomic E-state index is 12.6. The topological polar surface area (TPSA) is 52.6 Å². The molecule has 0 aliphatic rings. The number of halogens is 4. The van der Waals surface area contributed by atoms with Crippen LogP contribution in [0.1, 0.15) is 35.7 Å². The third-order valence-corrected chi connectivity index (χ3v) is 5.19. The number of hydrogen-bond acceptors (Lipinski definition) is 4. The zero-order valence-corrected chi connectivity index (χ0v) is 20.0. The van der Waals surface area contributed by atoms with Crippen LogP contribution < -0.4 is 10.6 Å². The lowest BCUT2D eigenvalue weighted by Gasteiger charge is -2.23. The van der Waals surface area contributed by atoms with Crippen molar-refractivity contribution in [3.8, 4) is 0 Å². The summed E-state index contributed by atoms with van der Waals surface area (Å²) in [7, 11) is 3.70. The van der Waals surface area contributed by atoms with Crippen molar-refractivity contribution in [2.24, 2.45) is 4.99 Å². The molecule has 1 aromatic heterocycles. The van der Waals surface area contributed by atoms with Crippen molar-refractivity contribution in [1.82, 2.24) is 20.5 Å². The van der Waals surface area contributed by atoms with Gasteiger partial charge in [-0.15, -0.1) is 35.3 Å². The predicted octanol–water partition coefficient (Wildman–Crippen LogP) is 4.49. The molecule has 2 aromatic rings. The monoisotopic (exact) mass is 541 g/mol. The summed E-state index contributed by atoms with van der Waals surface area (Å²) in [6.07, 6.45) is -4.42. The number of thiazole rings is 1. The number of nitrogens with zero attached hydrogens (tertiary/aromatic N) is 3. The van der Waals surface area contributed by atoms with Gasteiger partial charge in [-0.05, 0) is 32.0 Å². The molecule has 0 spiro atoms. The average Bonchev–Trinajstić information content (AvgIpc) is 3.12. The Balaban J connectivity index is 0.00000420. The van der Waals surface area contributed by atoms with E-state index in [-0.39, 0.29) is 30.5 Å². The van der Waals surface area contributed by atoms with Gasteiger partial charge in [-0.2, -0.15) is 13.2 Å². The summed E-state index contributed by atoms with van der Waals surface area (Å²) in [6.45, 7) is 5.87. The first-order chi connectivity index (χ1) is 13.2. The molecule has 1 heterocycles. The number of hydrogen-bond donors (Lipinski definition) is 2. The zero-order chi connectivity index (χ0) is 20.7. The van der Waals surface area contributed by atoms with E-state index in [4.69, 9.17) is 0 Å². The van der Waals surface area contributed by atoms with Crippen LogP contribution in [0.4, 0.5) is 13.2 Å². The predicted molar refractivity (Wildman–Crippen MR) is 123 cm³/mol. The summed E-state index contributed by atoms with van der Waals surface area (Å²) >= 11 is 0.973. The van der Waals surface area contributed by atoms with E-state index in [9.17, 15) is 13.2 Å². The van der Waals surface area contributed by atoms with Crippen molar-refractivity contribution in [3.63, 3.8) is 0 Å². The van der Waals surface area contributed by atoms with Crippen LogP contribution in [0.2, 0.25) is 0 Å². The van der Waals surface area contributed by atoms with Crippen molar-refractivity contribution < 1.29 is 13.2 Å². The molecule has 0 amide bonds. The van der Waals surface area contributed by atoms with Crippen molar-refractivity contribution in [1.29, 1.82) is 0 Å². The molecule has 162 valence electrons. The summed E-state index contributed by atoms with van der Waals surface area (Å²) < 4.78 is 37.9. The minimum Gasteiger partial charge on any atom is -0.352 e. The number of guanidine groups is 1. The van der Waals surface area contributed by atoms with Gasteiger partial charge in [0.2, 0.25) is 0 Å². The Bertz CT molecular complexity index is 792. The third-order valence-electron chi connectivity index (χ3n) is 4.34. The number of nitrogens with one attached hydrogen (secondary N) is 2. The fourth-order valence-corrected chi connectivity index (χ4v) is 3.16. The summed E-state index contributed by atoms with van der Waals surface area (Å²) in [5, 5.41) is 7.60. The van der Waals surface area contributed by atoms with E-state index in [1.165, 1.54) is 5.56 Å². The van der Waals surface area contributed by atoms with Crippen LogP contribution >= 0.6 is 35.3 Å². The minimum absolute atomic E-state index is 0. The fourth-order valence-electron chi connectivity index (χ4n) is 2.42. The smallest absolute Gasteiger partial charge is 0.352 e. The molecule has 5 nitrogen and oxygen atoms in total. The molecular formula is C19H27F3IN5S. The van der Waals surface area contributed by atoms with Crippen molar-refractivity contribution in [2.45, 2.75) is 45.7 Å². The average molecular weight is 541 g/mol. The Morgan fingerprint density at radius 1 is 1.17 bits per heavy atom. The second kappa shape index (κ2) is 11.7. The van der Waals surface area contributed by atoms with Gasteiger partial charge < -0.3 is 10.6 Å². The van der Waals surface area contributed by atoms with Gasteiger partial charge >= 0.3 is 6.18 Å². The highest BCUT2D eigenvalue weighted by Gasteiger charge is 2.33. The van der Waals surface area contributed by atoms with Crippen LogP contribution in [-0.2, 0) is 25.8 Å². The molecule has 0 aliphatic heterocycles. The third kappa shape index (κ3) is 8.09. The molecule has 29 heavy (non-hydrogen) atoms. The molecule has 0 fully saturated rings. The molecule has 0 saturated heterocycles. The van der Waals surface area contributed by atoms with Gasteiger partial charge in [0.25, 0.3) is 0 Å². The largest absolute Gasteiger partial charge is 0.434 e. The van der Waals surface area contributed by atoms with Gasteiger partial charge in [-0.25, -0.2) is 4.98 Å². The molecule has 10 heteroatoms. The summed E-state index contributed by atoms with van der Waals surface area (Å²) in [4.78, 5) is 10.00. The van der Waals surface area contributed by atoms with Gasteiger partial charge in [0, 0.05) is 31.6 Å². The first kappa shape index (κ1) is 25.6. The molecule has 0 radical (unpaired) electrons. The number of aliphatic imine (C=N–C) groups is 1. The van der Waals surface area contributed by atoms with Gasteiger partial charge in [0.05, 0.1) is 6.54 Å². The van der Waals surface area contributed by atoms with Gasteiger partial charge in [0.1, 0.15) is 5.01 Å². The van der Waals surface area contributed by atoms with E-state index >= 15 is 0 Å². The Labute approximate surface area is 190 Å². The quantitative estimate of drug-likeness (QED) is 0.309. The lowest BCUT2D eigenvalue weighted by atomic mass is 10.1. The molecule has 0 atom stereocenters. The van der Waals surface area contributed by atoms with E-state index in [1.54, 1.807) is 7.05 Å². The highest BCUT2D eigenvalue weighted by Crippen LogP contribution is 2.29. The van der Waals surface area contributed by atoms with E-state index in [1.807, 2.05) is 12.1 Å². The number of aromatic nitrogens is 1. The summed E-state index contributed by atoms with van der Waals surface area (Å²) in [5.74, 6) is 0.510. The Kier molecular flexibility index (Phi) is 10.3. The molecule has 1 aromatic carbocycles. The Morgan fingerprint density at radius 2 is 1.79 bits per heavy atom. The maximum absolute atomic E-state index is 12.6. The lowest BCUT2D eigenvalue weighted by Crippen LogP contribution is -2.36. The molecule has 2 rings (SSSR count). The van der Waals surface area contributed by atoms with Crippen LogP contribution in [-0.4, -0.2) is 36.0 Å². The second-order valence-corrected chi connectivity index (χ2v) is 7.62. The van der Waals surface area contributed by atoms with Crippen LogP contribution in [0.15, 0.2) is 34.6 Å². The van der Waals surface area contributed by atoms with Crippen LogP contribution in [0.25, 0.3) is 0 Å². The summed E-state index contributed by atoms with van der Waals surface area (Å²) in [6, 6.07) is 8.59. The van der Waals surface area contributed by atoms with Crippen LogP contribution in [0, 0.1) is 0 Å². The molecule has 0 saturated carbocycles. The SMILES string of the molecule is CN=C(NCc1nc(C(F)(F)F)cs1)NCc1ccccc1CN(C)C(C)C.I. The lowest BCUT2D eigenvalue weighted by molar-refractivity contribution is -0.140. The van der Waals surface area contributed by atoms with Crippen molar-refractivity contribution in [3.05, 3.63) is 51.5 Å². The highest BCUT2D eigenvalue weighted by atomic mass is 127. The van der Waals surface area contributed by atoms with E-state index in [0.29, 0.717) is 23.6 Å². The maximum Gasteiger partial charge on any atom is 0.434 e. The zero-order valence-electron chi connectivity index (χ0n) is 16.9. The standard InChI is InChI=1S/C19H26F3N5S.HI/c1-13(2)27(4)11-15-8-6-5-7-14(15)9-24-18(23-3)25-10-17-26-16(12-28-17)19(20,21)22;/h5-8,12-13H,9-11H2,1-4H3,(H2,23,24,25);1H. The summed E-state index contributed by atoms with van der Waals surface area (Å²) in [5.41, 5.74) is 1.50. The number of alkyl halides is 3. The Morgan fingerprint density at radius 3 is 2.34 bits per heavy atom. The van der Waals surface area contributed by atoms with E-state index in [0.717, 1.165) is 28.8 Å². The molecule has 2 N–H and O–H groups in total. The molecule has 0 aliphatic carbocycles. The fraction of sp³-hybridized carbons (Fsp3) is 0.474. The first-order valence-corrected chi connectivity index (χ1v) is 9.81. The van der Waals surface area contributed by atoms with Crippen LogP contribution in [0.5, 0.6) is 0 Å². The highest BCUT2D eigenvalue weighted by molar-refractivity contribution is 14.0. The second-order valence-electron chi connectivity index (χ2n) is 6.68. The van der Waals surface area contributed by atoms with Gasteiger partial charge in [-0.3, -0.25) is 9.89 Å². The normalized spacial score (nSPS) is 12.2. The van der Waals surface area contributed by atoms with Gasteiger partial charge in [-0.1, -0.05) is 24.3 Å². The first-order valence-electron chi connectivity index (χ1n) is 8.93. The minimum atomic E-state index is -4.42. The van der Waals surface area contributed by atoms with Crippen molar-refractivity contribution >= 4 is 41.3 Å². The Hall–Kier alpha value is -1.40. The van der Waals surface area contributed by atoms with E-state index in [2.05, 4.69) is 58.5 Å². The van der Waals surface area contributed by atoms with E-state index < -0.39 is 11.9 Å². The number of benzene rings is 1. The van der Waals surface area contributed by atoms with Crippen molar-refractivity contribution in [2.75, 3.05) is 14.1 Å². The molecule has 0 unspecified atom stereocenters. The molecule has 0 bridgehead atoms. The van der Waals surface area contributed by atoms with Gasteiger partial charge in [0.15, 0.2) is 11.7 Å². The van der Waals surface area contributed by atoms with Crippen LogP contribution in [0.3, 0.4) is 0 Å².